The SMILES string of the molecule is COc1ccc(C=NN=C(N)SCc2ccccc2)cc1OCc1cccc(Cl)c1. The van der Waals surface area contributed by atoms with Gasteiger partial charge in [0.2, 0.25) is 0 Å². The van der Waals surface area contributed by atoms with Crippen LogP contribution in [0.2, 0.25) is 5.02 Å². The number of amidine groups is 1. The minimum atomic E-state index is 0.374. The number of nitrogens with two attached hydrogens (primary N) is 1. The molecule has 3 aromatic carbocycles. The van der Waals surface area contributed by atoms with Crippen molar-refractivity contribution in [1.29, 1.82) is 0 Å². The molecule has 0 atom stereocenters. The van der Waals surface area contributed by atoms with Crippen LogP contribution in [0.25, 0.3) is 0 Å². The average molecular weight is 440 g/mol. The van der Waals surface area contributed by atoms with Crippen molar-refractivity contribution >= 4 is 34.7 Å². The number of halogens is 1. The minimum Gasteiger partial charge on any atom is -0.493 e. The van der Waals surface area contributed by atoms with Gasteiger partial charge in [-0.2, -0.15) is 5.10 Å². The number of hydrogen-bond acceptors (Lipinski definition) is 5. The largest absolute Gasteiger partial charge is 0.493 e. The Kier molecular flexibility index (Phi) is 8.18. The highest BCUT2D eigenvalue weighted by Gasteiger charge is 2.06. The molecular formula is C23H22ClN3O2S. The molecule has 0 bridgehead atoms. The van der Waals surface area contributed by atoms with Gasteiger partial charge in [-0.25, -0.2) is 0 Å². The van der Waals surface area contributed by atoms with Crippen molar-refractivity contribution in [2.45, 2.75) is 12.4 Å². The molecule has 0 spiro atoms. The summed E-state index contributed by atoms with van der Waals surface area (Å²) >= 11 is 7.47. The lowest BCUT2D eigenvalue weighted by atomic mass is 10.2. The molecule has 0 fully saturated rings. The molecule has 0 aromatic heterocycles. The Bertz CT molecular complexity index is 1030. The molecule has 2 N–H and O–H groups in total. The molecule has 0 unspecified atom stereocenters. The van der Waals surface area contributed by atoms with Gasteiger partial charge in [-0.15, -0.1) is 5.10 Å². The van der Waals surface area contributed by atoms with Gasteiger partial charge in [0.1, 0.15) is 6.61 Å². The number of thioether (sulfide) groups is 1. The molecule has 0 saturated carbocycles. The molecule has 0 aliphatic carbocycles. The predicted molar refractivity (Wildman–Crippen MR) is 126 cm³/mol. The Morgan fingerprint density at radius 2 is 1.80 bits per heavy atom. The van der Waals surface area contributed by atoms with Crippen molar-refractivity contribution in [1.82, 2.24) is 0 Å². The first-order valence-corrected chi connectivity index (χ1v) is 10.6. The first kappa shape index (κ1) is 21.7. The van der Waals surface area contributed by atoms with E-state index in [0.717, 1.165) is 16.9 Å². The fraction of sp³-hybridized carbons (Fsp3) is 0.130. The normalized spacial score (nSPS) is 11.6. The third-order valence-electron chi connectivity index (χ3n) is 4.06. The Morgan fingerprint density at radius 3 is 2.57 bits per heavy atom. The third kappa shape index (κ3) is 6.83. The van der Waals surface area contributed by atoms with Crippen LogP contribution in [0.5, 0.6) is 11.5 Å². The Hall–Kier alpha value is -2.96. The molecule has 7 heteroatoms. The van der Waals surface area contributed by atoms with Crippen LogP contribution >= 0.6 is 23.4 Å². The zero-order valence-electron chi connectivity index (χ0n) is 16.5. The number of rotatable bonds is 8. The Balaban J connectivity index is 1.61. The van der Waals surface area contributed by atoms with E-state index in [1.54, 1.807) is 13.3 Å². The van der Waals surface area contributed by atoms with Crippen LogP contribution in [0.1, 0.15) is 16.7 Å². The van der Waals surface area contributed by atoms with Crippen molar-refractivity contribution in [2.24, 2.45) is 15.9 Å². The van der Waals surface area contributed by atoms with E-state index in [1.807, 2.05) is 72.8 Å². The molecule has 0 saturated heterocycles. The van der Waals surface area contributed by atoms with Gasteiger partial charge >= 0.3 is 0 Å². The summed E-state index contributed by atoms with van der Waals surface area (Å²) in [5.41, 5.74) is 8.90. The highest BCUT2D eigenvalue weighted by molar-refractivity contribution is 8.13. The molecule has 0 amide bonds. The summed E-state index contributed by atoms with van der Waals surface area (Å²) in [7, 11) is 1.60. The van der Waals surface area contributed by atoms with Crippen LogP contribution in [-0.2, 0) is 12.4 Å². The predicted octanol–water partition coefficient (Wildman–Crippen LogP) is 5.51. The van der Waals surface area contributed by atoms with Crippen LogP contribution in [-0.4, -0.2) is 18.5 Å². The van der Waals surface area contributed by atoms with Gasteiger partial charge < -0.3 is 15.2 Å². The summed E-state index contributed by atoms with van der Waals surface area (Å²) in [4.78, 5) is 0. The number of benzene rings is 3. The lowest BCUT2D eigenvalue weighted by Gasteiger charge is -2.11. The number of ether oxygens (including phenoxy) is 2. The fourth-order valence-corrected chi connectivity index (χ4v) is 3.41. The smallest absolute Gasteiger partial charge is 0.180 e. The van der Waals surface area contributed by atoms with E-state index in [4.69, 9.17) is 26.8 Å². The van der Waals surface area contributed by atoms with Gasteiger partial charge in [-0.05, 0) is 47.0 Å². The first-order valence-electron chi connectivity index (χ1n) is 9.22. The Morgan fingerprint density at radius 1 is 1.00 bits per heavy atom. The molecule has 5 nitrogen and oxygen atoms in total. The van der Waals surface area contributed by atoms with Crippen molar-refractivity contribution in [2.75, 3.05) is 7.11 Å². The molecule has 30 heavy (non-hydrogen) atoms. The molecule has 0 heterocycles. The fourth-order valence-electron chi connectivity index (χ4n) is 2.59. The lowest BCUT2D eigenvalue weighted by Crippen LogP contribution is -2.06. The Labute approximate surface area is 185 Å². The van der Waals surface area contributed by atoms with Gasteiger partial charge in [0.25, 0.3) is 0 Å². The summed E-state index contributed by atoms with van der Waals surface area (Å²) in [5, 5.41) is 9.21. The summed E-state index contributed by atoms with van der Waals surface area (Å²) in [5.74, 6) is 1.99. The van der Waals surface area contributed by atoms with Crippen molar-refractivity contribution in [3.8, 4) is 11.5 Å². The highest BCUT2D eigenvalue weighted by atomic mass is 35.5. The first-order chi connectivity index (χ1) is 14.6. The summed E-state index contributed by atoms with van der Waals surface area (Å²) in [6.45, 7) is 0.374. The lowest BCUT2D eigenvalue weighted by molar-refractivity contribution is 0.284. The second kappa shape index (κ2) is 11.3. The van der Waals surface area contributed by atoms with E-state index in [9.17, 15) is 0 Å². The molecule has 0 aliphatic heterocycles. The van der Waals surface area contributed by atoms with Crippen LogP contribution in [0.3, 0.4) is 0 Å². The maximum atomic E-state index is 6.03. The summed E-state index contributed by atoms with van der Waals surface area (Å²) in [6, 6.07) is 23.1. The standard InChI is InChI=1S/C23H22ClN3O2S/c1-28-21-11-10-18(13-22(21)29-15-19-8-5-9-20(24)12-19)14-26-27-23(25)30-16-17-6-3-2-4-7-17/h2-14H,15-16H2,1H3,(H2,25,27). The van der Waals surface area contributed by atoms with E-state index in [1.165, 1.54) is 17.3 Å². The maximum Gasteiger partial charge on any atom is 0.180 e. The van der Waals surface area contributed by atoms with Crippen molar-refractivity contribution in [3.05, 3.63) is 94.5 Å². The number of methoxy groups -OCH3 is 1. The number of hydrogen-bond donors (Lipinski definition) is 1. The molecule has 0 radical (unpaired) electrons. The topological polar surface area (TPSA) is 69.2 Å². The van der Waals surface area contributed by atoms with Crippen LogP contribution < -0.4 is 15.2 Å². The van der Waals surface area contributed by atoms with Gasteiger partial charge in [0.15, 0.2) is 16.7 Å². The monoisotopic (exact) mass is 439 g/mol. The molecule has 0 aliphatic rings. The van der Waals surface area contributed by atoms with E-state index in [0.29, 0.717) is 28.3 Å². The van der Waals surface area contributed by atoms with E-state index in [-0.39, 0.29) is 0 Å². The zero-order chi connectivity index (χ0) is 21.2. The second-order valence-corrected chi connectivity index (χ2v) is 7.72. The van der Waals surface area contributed by atoms with Gasteiger partial charge in [-0.1, -0.05) is 65.8 Å². The minimum absolute atomic E-state index is 0.374. The second-order valence-electron chi connectivity index (χ2n) is 6.29. The summed E-state index contributed by atoms with van der Waals surface area (Å²) < 4.78 is 11.3. The maximum absolute atomic E-state index is 6.03. The summed E-state index contributed by atoms with van der Waals surface area (Å²) in [6.07, 6.45) is 1.63. The highest BCUT2D eigenvalue weighted by Crippen LogP contribution is 2.28. The van der Waals surface area contributed by atoms with E-state index >= 15 is 0 Å². The molecule has 3 rings (SSSR count). The molecule has 154 valence electrons. The number of nitrogens with zero attached hydrogens (tertiary/aromatic N) is 2. The average Bonchev–Trinajstić information content (AvgIpc) is 2.77. The van der Waals surface area contributed by atoms with Crippen LogP contribution in [0.15, 0.2) is 83.0 Å². The van der Waals surface area contributed by atoms with E-state index < -0.39 is 0 Å². The molecule has 3 aromatic rings. The van der Waals surface area contributed by atoms with Gasteiger partial charge in [-0.3, -0.25) is 0 Å². The van der Waals surface area contributed by atoms with Crippen molar-refractivity contribution in [3.63, 3.8) is 0 Å². The van der Waals surface area contributed by atoms with Crippen LogP contribution in [0, 0.1) is 0 Å². The van der Waals surface area contributed by atoms with Crippen molar-refractivity contribution < 1.29 is 9.47 Å². The molecular weight excluding hydrogens is 418 g/mol. The van der Waals surface area contributed by atoms with E-state index in [2.05, 4.69) is 10.2 Å². The van der Waals surface area contributed by atoms with Crippen LogP contribution in [0.4, 0.5) is 0 Å². The van der Waals surface area contributed by atoms with Gasteiger partial charge in [0.05, 0.1) is 13.3 Å². The zero-order valence-corrected chi connectivity index (χ0v) is 18.1. The third-order valence-corrected chi connectivity index (χ3v) is 5.15. The van der Waals surface area contributed by atoms with Gasteiger partial charge in [0, 0.05) is 10.8 Å². The quantitative estimate of drug-likeness (QED) is 0.285.